The number of hydrogen-bond acceptors (Lipinski definition) is 3. The second-order valence-electron chi connectivity index (χ2n) is 2.85. The Kier molecular flexibility index (Phi) is 3.42. The van der Waals surface area contributed by atoms with Gasteiger partial charge in [-0.05, 0) is 6.42 Å². The van der Waals surface area contributed by atoms with Gasteiger partial charge in [0.05, 0.1) is 0 Å². The van der Waals surface area contributed by atoms with Crippen molar-refractivity contribution >= 4 is 17.8 Å². The van der Waals surface area contributed by atoms with Gasteiger partial charge >= 0.3 is 6.03 Å². The van der Waals surface area contributed by atoms with E-state index in [1.165, 1.54) is 0 Å². The van der Waals surface area contributed by atoms with Crippen LogP contribution in [0.5, 0.6) is 0 Å². The van der Waals surface area contributed by atoms with Crippen LogP contribution in [0, 0.1) is 0 Å². The number of carbonyl (C=O) groups is 2. The molecule has 1 rings (SSSR count). The fraction of sp³-hybridized carbons (Fsp3) is 0.625. The largest absolute Gasteiger partial charge is 0.327 e. The number of aliphatic imine (C=N–C) groups is 1. The molecule has 0 spiro atoms. The average Bonchev–Trinajstić information content (AvgIpc) is 2.39. The molecule has 1 fully saturated rings. The molecule has 0 aromatic rings. The van der Waals surface area contributed by atoms with Crippen LogP contribution in [-0.2, 0) is 4.79 Å². The summed E-state index contributed by atoms with van der Waals surface area (Å²) in [4.78, 5) is 25.5. The van der Waals surface area contributed by atoms with E-state index in [0.717, 1.165) is 19.3 Å². The van der Waals surface area contributed by atoms with Crippen molar-refractivity contribution in [2.24, 2.45) is 4.99 Å². The zero-order chi connectivity index (χ0) is 9.68. The molecule has 72 valence electrons. The minimum absolute atomic E-state index is 0.140. The fourth-order valence-electron chi connectivity index (χ4n) is 1.02. The quantitative estimate of drug-likeness (QED) is 0.489. The Hall–Kier alpha value is -1.39. The molecule has 2 N–H and O–H groups in total. The highest BCUT2D eigenvalue weighted by molar-refractivity contribution is 6.47. The second kappa shape index (κ2) is 4.59. The molecule has 0 aliphatic carbocycles. The summed E-state index contributed by atoms with van der Waals surface area (Å²) < 4.78 is 0. The van der Waals surface area contributed by atoms with Crippen LogP contribution >= 0.6 is 0 Å². The zero-order valence-electron chi connectivity index (χ0n) is 7.59. The number of amidine groups is 1. The molecule has 1 aliphatic heterocycles. The van der Waals surface area contributed by atoms with Crippen molar-refractivity contribution in [2.45, 2.75) is 26.2 Å². The van der Waals surface area contributed by atoms with Crippen LogP contribution in [0.25, 0.3) is 0 Å². The van der Waals surface area contributed by atoms with Crippen LogP contribution in [-0.4, -0.2) is 24.3 Å². The molecule has 5 nitrogen and oxygen atoms in total. The zero-order valence-corrected chi connectivity index (χ0v) is 7.59. The first-order valence-electron chi connectivity index (χ1n) is 4.41. The molecule has 1 aliphatic rings. The minimum atomic E-state index is -0.487. The molecular weight excluding hydrogens is 170 g/mol. The van der Waals surface area contributed by atoms with E-state index in [9.17, 15) is 9.59 Å². The molecule has 0 atom stereocenters. The Morgan fingerprint density at radius 3 is 2.54 bits per heavy atom. The normalized spacial score (nSPS) is 19.0. The van der Waals surface area contributed by atoms with Crippen LogP contribution in [0.15, 0.2) is 4.99 Å². The third kappa shape index (κ3) is 2.85. The molecule has 0 aromatic carbocycles. The summed E-state index contributed by atoms with van der Waals surface area (Å²) in [5.74, 6) is -0.289. The van der Waals surface area contributed by atoms with Crippen LogP contribution in [0.2, 0.25) is 0 Å². The molecule has 5 heteroatoms. The van der Waals surface area contributed by atoms with E-state index in [2.05, 4.69) is 22.5 Å². The summed E-state index contributed by atoms with van der Waals surface area (Å²) in [7, 11) is 0. The van der Waals surface area contributed by atoms with Gasteiger partial charge in [0, 0.05) is 6.54 Å². The minimum Gasteiger partial charge on any atom is -0.288 e. The van der Waals surface area contributed by atoms with Gasteiger partial charge in [0.2, 0.25) is 0 Å². The van der Waals surface area contributed by atoms with Crippen LogP contribution in [0.4, 0.5) is 4.79 Å². The van der Waals surface area contributed by atoms with E-state index < -0.39 is 11.9 Å². The number of rotatable bonds is 4. The maximum absolute atomic E-state index is 10.9. The van der Waals surface area contributed by atoms with E-state index >= 15 is 0 Å². The lowest BCUT2D eigenvalue weighted by molar-refractivity contribution is -0.113. The molecule has 0 unspecified atom stereocenters. The van der Waals surface area contributed by atoms with E-state index in [0.29, 0.717) is 6.54 Å². The van der Waals surface area contributed by atoms with Crippen molar-refractivity contribution in [3.05, 3.63) is 0 Å². The Bertz CT molecular complexity index is 248. The van der Waals surface area contributed by atoms with Crippen LogP contribution in [0.3, 0.4) is 0 Å². The highest BCUT2D eigenvalue weighted by atomic mass is 16.2. The molecule has 0 bridgehead atoms. The van der Waals surface area contributed by atoms with Gasteiger partial charge in [-0.2, -0.15) is 0 Å². The number of nitrogens with one attached hydrogen (secondary N) is 2. The van der Waals surface area contributed by atoms with Gasteiger partial charge < -0.3 is 0 Å². The van der Waals surface area contributed by atoms with Gasteiger partial charge in [-0.1, -0.05) is 19.8 Å². The monoisotopic (exact) mass is 183 g/mol. The topological polar surface area (TPSA) is 70.6 Å². The Labute approximate surface area is 76.6 Å². The number of urea groups is 1. The third-order valence-electron chi connectivity index (χ3n) is 1.71. The van der Waals surface area contributed by atoms with Crippen LogP contribution < -0.4 is 10.6 Å². The first-order chi connectivity index (χ1) is 6.24. The van der Waals surface area contributed by atoms with Crippen molar-refractivity contribution in [3.8, 4) is 0 Å². The third-order valence-corrected chi connectivity index (χ3v) is 1.71. The standard InChI is InChI=1S/C8H13N3O2/c1-2-3-4-5-9-6-7(12)11-8(13)10-6/h2-5H2,1H3,(H2,9,10,11,12,13). The summed E-state index contributed by atoms with van der Waals surface area (Å²) in [5.41, 5.74) is 0. The summed E-state index contributed by atoms with van der Waals surface area (Å²) >= 11 is 0. The molecule has 0 saturated carbocycles. The SMILES string of the molecule is CCCCC/N=C1\NC(=O)NC1=O. The van der Waals surface area contributed by atoms with Crippen LogP contribution in [0.1, 0.15) is 26.2 Å². The number of nitrogens with zero attached hydrogens (tertiary/aromatic N) is 1. The van der Waals surface area contributed by atoms with Crippen molar-refractivity contribution in [1.82, 2.24) is 10.6 Å². The lowest BCUT2D eigenvalue weighted by Crippen LogP contribution is -2.22. The first kappa shape index (κ1) is 9.70. The number of amides is 3. The van der Waals surface area contributed by atoms with Gasteiger partial charge in [0.1, 0.15) is 0 Å². The molecule has 0 aromatic heterocycles. The number of hydrogen-bond donors (Lipinski definition) is 2. The molecular formula is C8H13N3O2. The summed E-state index contributed by atoms with van der Waals surface area (Å²) in [5, 5.41) is 4.42. The maximum atomic E-state index is 10.9. The van der Waals surface area contributed by atoms with Crippen molar-refractivity contribution in [2.75, 3.05) is 6.54 Å². The maximum Gasteiger partial charge on any atom is 0.327 e. The molecule has 3 amide bonds. The van der Waals surface area contributed by atoms with Gasteiger partial charge in [-0.25, -0.2) is 4.79 Å². The van der Waals surface area contributed by atoms with Gasteiger partial charge in [-0.15, -0.1) is 0 Å². The highest BCUT2D eigenvalue weighted by Crippen LogP contribution is 1.95. The molecule has 0 radical (unpaired) electrons. The van der Waals surface area contributed by atoms with Gasteiger partial charge in [-0.3, -0.25) is 20.4 Å². The second-order valence-corrected chi connectivity index (χ2v) is 2.85. The highest BCUT2D eigenvalue weighted by Gasteiger charge is 2.23. The fourth-order valence-corrected chi connectivity index (χ4v) is 1.02. The summed E-state index contributed by atoms with van der Waals surface area (Å²) in [6, 6.07) is -0.487. The predicted octanol–water partition coefficient (Wildman–Crippen LogP) is 0.414. The summed E-state index contributed by atoms with van der Waals surface area (Å²) in [6.07, 6.45) is 3.15. The lowest BCUT2D eigenvalue weighted by Gasteiger charge is -1.94. The first-order valence-corrected chi connectivity index (χ1v) is 4.41. The number of imide groups is 1. The predicted molar refractivity (Wildman–Crippen MR) is 48.5 cm³/mol. The van der Waals surface area contributed by atoms with Gasteiger partial charge in [0.15, 0.2) is 5.84 Å². The van der Waals surface area contributed by atoms with E-state index in [1.807, 2.05) is 0 Å². The molecule has 1 heterocycles. The number of unbranched alkanes of at least 4 members (excludes halogenated alkanes) is 2. The van der Waals surface area contributed by atoms with E-state index in [-0.39, 0.29) is 5.84 Å². The smallest absolute Gasteiger partial charge is 0.288 e. The molecule has 1 saturated heterocycles. The van der Waals surface area contributed by atoms with E-state index in [4.69, 9.17) is 0 Å². The van der Waals surface area contributed by atoms with Crippen molar-refractivity contribution in [1.29, 1.82) is 0 Å². The van der Waals surface area contributed by atoms with Crippen molar-refractivity contribution < 1.29 is 9.59 Å². The van der Waals surface area contributed by atoms with Crippen molar-refractivity contribution in [3.63, 3.8) is 0 Å². The molecule has 13 heavy (non-hydrogen) atoms. The lowest BCUT2D eigenvalue weighted by atomic mass is 10.2. The summed E-state index contributed by atoms with van der Waals surface area (Å²) in [6.45, 7) is 2.69. The Balaban J connectivity index is 2.34. The Morgan fingerprint density at radius 2 is 2.00 bits per heavy atom. The number of carbonyl (C=O) groups excluding carboxylic acids is 2. The Morgan fingerprint density at radius 1 is 1.23 bits per heavy atom. The van der Waals surface area contributed by atoms with Gasteiger partial charge in [0.25, 0.3) is 5.91 Å². The van der Waals surface area contributed by atoms with E-state index in [1.54, 1.807) is 0 Å². The average molecular weight is 183 g/mol.